The van der Waals surface area contributed by atoms with Gasteiger partial charge in [0.05, 0.1) is 0 Å². The molecule has 2 N–H and O–H groups in total. The van der Waals surface area contributed by atoms with Crippen molar-refractivity contribution in [3.8, 4) is 5.75 Å². The fourth-order valence-corrected chi connectivity index (χ4v) is 2.53. The summed E-state index contributed by atoms with van der Waals surface area (Å²) in [5, 5.41) is 6.15. The van der Waals surface area contributed by atoms with Crippen molar-refractivity contribution in [2.24, 2.45) is 4.99 Å². The maximum Gasteiger partial charge on any atom is 0.573 e. The van der Waals surface area contributed by atoms with E-state index in [4.69, 9.17) is 0 Å². The number of hydrogen-bond acceptors (Lipinski definition) is 3. The number of para-hydroxylation sites is 1. The first-order valence-corrected chi connectivity index (χ1v) is 8.65. The van der Waals surface area contributed by atoms with Crippen molar-refractivity contribution < 1.29 is 17.9 Å². The van der Waals surface area contributed by atoms with Gasteiger partial charge in [0.25, 0.3) is 0 Å². The standard InChI is InChI=1S/C18H24F3N5O/c1-14-23-10-12-26(14)11-6-5-9-24-17(22-2)25-13-15-7-3-4-8-16(15)27-18(19,20)21/h3-4,7-8,10,12H,5-6,9,11,13H2,1-2H3,(H2,22,24,25). The molecule has 9 heteroatoms. The third-order valence-electron chi connectivity index (χ3n) is 3.91. The summed E-state index contributed by atoms with van der Waals surface area (Å²) in [6, 6.07) is 6.03. The molecule has 0 saturated carbocycles. The molecule has 0 amide bonds. The first-order chi connectivity index (χ1) is 12.9. The summed E-state index contributed by atoms with van der Waals surface area (Å²) in [5.41, 5.74) is 0.397. The van der Waals surface area contributed by atoms with E-state index in [0.717, 1.165) is 25.2 Å². The molecule has 1 aromatic heterocycles. The first kappa shape index (κ1) is 20.6. The first-order valence-electron chi connectivity index (χ1n) is 8.65. The Balaban J connectivity index is 1.75. The Bertz CT molecular complexity index is 743. The van der Waals surface area contributed by atoms with E-state index in [1.165, 1.54) is 12.1 Å². The molecular weight excluding hydrogens is 359 g/mol. The zero-order valence-electron chi connectivity index (χ0n) is 15.4. The molecule has 6 nitrogen and oxygen atoms in total. The van der Waals surface area contributed by atoms with Crippen LogP contribution in [0.4, 0.5) is 13.2 Å². The van der Waals surface area contributed by atoms with E-state index in [1.807, 2.05) is 13.1 Å². The average Bonchev–Trinajstić information content (AvgIpc) is 3.02. The number of hydrogen-bond donors (Lipinski definition) is 2. The van der Waals surface area contributed by atoms with E-state index in [0.29, 0.717) is 18.1 Å². The van der Waals surface area contributed by atoms with Crippen LogP contribution in [0.15, 0.2) is 41.7 Å². The highest BCUT2D eigenvalue weighted by atomic mass is 19.4. The fourth-order valence-electron chi connectivity index (χ4n) is 2.53. The highest BCUT2D eigenvalue weighted by Crippen LogP contribution is 2.25. The molecule has 148 valence electrons. The van der Waals surface area contributed by atoms with E-state index >= 15 is 0 Å². The number of halogens is 3. The molecule has 0 aliphatic carbocycles. The molecule has 0 saturated heterocycles. The number of unbranched alkanes of at least 4 members (excludes halogenated alkanes) is 1. The molecule has 0 aliphatic rings. The van der Waals surface area contributed by atoms with Crippen LogP contribution in [-0.2, 0) is 13.1 Å². The molecule has 1 aromatic carbocycles. The summed E-state index contributed by atoms with van der Waals surface area (Å²) in [6.07, 6.45) is 0.905. The van der Waals surface area contributed by atoms with Gasteiger partial charge in [-0.3, -0.25) is 4.99 Å². The van der Waals surface area contributed by atoms with Crippen LogP contribution in [0.5, 0.6) is 5.75 Å². The van der Waals surface area contributed by atoms with Crippen LogP contribution in [-0.4, -0.2) is 35.5 Å². The highest BCUT2D eigenvalue weighted by Gasteiger charge is 2.31. The summed E-state index contributed by atoms with van der Waals surface area (Å²) in [7, 11) is 1.61. The Kier molecular flexibility index (Phi) is 7.51. The predicted octanol–water partition coefficient (Wildman–Crippen LogP) is 3.24. The topological polar surface area (TPSA) is 63.5 Å². The smallest absolute Gasteiger partial charge is 0.405 e. The van der Waals surface area contributed by atoms with Crippen molar-refractivity contribution in [1.82, 2.24) is 20.2 Å². The monoisotopic (exact) mass is 383 g/mol. The van der Waals surface area contributed by atoms with Crippen LogP contribution in [0, 0.1) is 6.92 Å². The molecule has 1 heterocycles. The lowest BCUT2D eigenvalue weighted by Crippen LogP contribution is -2.37. The Labute approximate surface area is 156 Å². The Hall–Kier alpha value is -2.71. The number of aliphatic imine (C=N–C) groups is 1. The maximum atomic E-state index is 12.5. The number of guanidine groups is 1. The van der Waals surface area contributed by atoms with Gasteiger partial charge in [-0.05, 0) is 25.8 Å². The SMILES string of the molecule is CN=C(NCCCCn1ccnc1C)NCc1ccccc1OC(F)(F)F. The molecule has 27 heavy (non-hydrogen) atoms. The van der Waals surface area contributed by atoms with Gasteiger partial charge in [0.2, 0.25) is 0 Å². The summed E-state index contributed by atoms with van der Waals surface area (Å²) in [4.78, 5) is 8.26. The van der Waals surface area contributed by atoms with E-state index in [1.54, 1.807) is 25.4 Å². The summed E-state index contributed by atoms with van der Waals surface area (Å²) in [5.74, 6) is 1.29. The number of rotatable bonds is 8. The quantitative estimate of drug-likeness (QED) is 0.417. The van der Waals surface area contributed by atoms with Gasteiger partial charge in [-0.2, -0.15) is 0 Å². The lowest BCUT2D eigenvalue weighted by Gasteiger charge is -2.15. The van der Waals surface area contributed by atoms with Crippen LogP contribution in [0.3, 0.4) is 0 Å². The Morgan fingerprint density at radius 2 is 2.00 bits per heavy atom. The van der Waals surface area contributed by atoms with Gasteiger partial charge in [0, 0.05) is 44.6 Å². The van der Waals surface area contributed by atoms with E-state index < -0.39 is 6.36 Å². The molecule has 0 aliphatic heterocycles. The zero-order chi connectivity index (χ0) is 19.7. The Morgan fingerprint density at radius 3 is 2.67 bits per heavy atom. The predicted molar refractivity (Wildman–Crippen MR) is 97.5 cm³/mol. The number of nitrogens with zero attached hydrogens (tertiary/aromatic N) is 3. The minimum absolute atomic E-state index is 0.167. The second-order valence-corrected chi connectivity index (χ2v) is 5.88. The van der Waals surface area contributed by atoms with Gasteiger partial charge in [0.1, 0.15) is 11.6 Å². The van der Waals surface area contributed by atoms with Crippen molar-refractivity contribution in [3.05, 3.63) is 48.0 Å². The van der Waals surface area contributed by atoms with Crippen LogP contribution in [0.1, 0.15) is 24.2 Å². The summed E-state index contributed by atoms with van der Waals surface area (Å²) >= 11 is 0. The van der Waals surface area contributed by atoms with Crippen molar-refractivity contribution >= 4 is 5.96 Å². The minimum atomic E-state index is -4.72. The number of ether oxygens (including phenoxy) is 1. The third kappa shape index (κ3) is 7.20. The number of aryl methyl sites for hydroxylation is 2. The van der Waals surface area contributed by atoms with Crippen LogP contribution in [0.25, 0.3) is 0 Å². The number of imidazole rings is 1. The van der Waals surface area contributed by atoms with Crippen molar-refractivity contribution in [3.63, 3.8) is 0 Å². The second-order valence-electron chi connectivity index (χ2n) is 5.88. The van der Waals surface area contributed by atoms with E-state index in [-0.39, 0.29) is 12.3 Å². The van der Waals surface area contributed by atoms with Gasteiger partial charge in [-0.1, -0.05) is 18.2 Å². The summed E-state index contributed by atoms with van der Waals surface area (Å²) in [6.45, 7) is 3.72. The number of benzene rings is 1. The zero-order valence-corrected chi connectivity index (χ0v) is 15.4. The molecule has 0 spiro atoms. The molecule has 0 bridgehead atoms. The third-order valence-corrected chi connectivity index (χ3v) is 3.91. The summed E-state index contributed by atoms with van der Waals surface area (Å²) < 4.78 is 43.5. The van der Waals surface area contributed by atoms with Gasteiger partial charge < -0.3 is 19.9 Å². The highest BCUT2D eigenvalue weighted by molar-refractivity contribution is 5.79. The lowest BCUT2D eigenvalue weighted by atomic mass is 10.2. The number of aromatic nitrogens is 2. The van der Waals surface area contributed by atoms with Gasteiger partial charge in [-0.25, -0.2) is 4.98 Å². The second kappa shape index (κ2) is 9.84. The van der Waals surface area contributed by atoms with Gasteiger partial charge in [0.15, 0.2) is 5.96 Å². The van der Waals surface area contributed by atoms with Crippen molar-refractivity contribution in [2.75, 3.05) is 13.6 Å². The normalized spacial score (nSPS) is 12.1. The van der Waals surface area contributed by atoms with E-state index in [2.05, 4.69) is 29.9 Å². The van der Waals surface area contributed by atoms with Crippen LogP contribution >= 0.6 is 0 Å². The molecule has 2 rings (SSSR count). The van der Waals surface area contributed by atoms with Crippen molar-refractivity contribution in [2.45, 2.75) is 39.2 Å². The minimum Gasteiger partial charge on any atom is -0.405 e. The fraction of sp³-hybridized carbons (Fsp3) is 0.444. The molecule has 0 fully saturated rings. The maximum absolute atomic E-state index is 12.5. The average molecular weight is 383 g/mol. The van der Waals surface area contributed by atoms with Crippen LogP contribution < -0.4 is 15.4 Å². The van der Waals surface area contributed by atoms with Gasteiger partial charge in [-0.15, -0.1) is 13.2 Å². The lowest BCUT2D eigenvalue weighted by molar-refractivity contribution is -0.274. The van der Waals surface area contributed by atoms with E-state index in [9.17, 15) is 13.2 Å². The number of alkyl halides is 3. The Morgan fingerprint density at radius 1 is 1.22 bits per heavy atom. The van der Waals surface area contributed by atoms with Crippen LogP contribution in [0.2, 0.25) is 0 Å². The van der Waals surface area contributed by atoms with Gasteiger partial charge >= 0.3 is 6.36 Å². The molecule has 0 atom stereocenters. The largest absolute Gasteiger partial charge is 0.573 e. The molecule has 0 unspecified atom stereocenters. The number of nitrogens with one attached hydrogen (secondary N) is 2. The molecule has 0 radical (unpaired) electrons. The molecule has 2 aromatic rings. The molecular formula is C18H24F3N5O. The van der Waals surface area contributed by atoms with Crippen molar-refractivity contribution in [1.29, 1.82) is 0 Å².